The lowest BCUT2D eigenvalue weighted by molar-refractivity contribution is 0.0773. The van der Waals surface area contributed by atoms with Crippen LogP contribution in [0.15, 0.2) is 57.4 Å². The van der Waals surface area contributed by atoms with E-state index in [1.807, 2.05) is 24.3 Å². The maximum atomic E-state index is 12.5. The van der Waals surface area contributed by atoms with Crippen molar-refractivity contribution in [2.45, 2.75) is 32.7 Å². The molecule has 0 aliphatic heterocycles. The molecule has 0 atom stereocenters. The van der Waals surface area contributed by atoms with E-state index < -0.39 is 0 Å². The van der Waals surface area contributed by atoms with Gasteiger partial charge in [0.25, 0.3) is 5.91 Å². The maximum Gasteiger partial charge on any atom is 0.254 e. The Morgan fingerprint density at radius 1 is 1.04 bits per heavy atom. The van der Waals surface area contributed by atoms with Crippen molar-refractivity contribution in [2.75, 3.05) is 7.05 Å². The third-order valence-corrected chi connectivity index (χ3v) is 4.80. The number of rotatable bonds is 4. The van der Waals surface area contributed by atoms with E-state index in [9.17, 15) is 4.79 Å². The van der Waals surface area contributed by atoms with Crippen LogP contribution in [0.2, 0.25) is 0 Å². The Hall–Kier alpha value is -2.47. The van der Waals surface area contributed by atoms with Crippen LogP contribution >= 0.6 is 15.9 Å². The molecule has 0 radical (unpaired) electrons. The molecule has 0 unspecified atom stereocenters. The van der Waals surface area contributed by atoms with Crippen LogP contribution in [0, 0.1) is 0 Å². The molecule has 6 heteroatoms. The number of nitrogens with zero attached hydrogens (tertiary/aromatic N) is 3. The Morgan fingerprint density at radius 3 is 2.26 bits per heavy atom. The maximum absolute atomic E-state index is 12.5. The van der Waals surface area contributed by atoms with E-state index in [1.54, 1.807) is 24.1 Å². The minimum atomic E-state index is -0.100. The van der Waals surface area contributed by atoms with Crippen molar-refractivity contribution >= 4 is 21.8 Å². The molecule has 27 heavy (non-hydrogen) atoms. The second-order valence-corrected chi connectivity index (χ2v) is 8.41. The molecule has 0 saturated heterocycles. The highest BCUT2D eigenvalue weighted by molar-refractivity contribution is 9.10. The number of benzene rings is 2. The summed E-state index contributed by atoms with van der Waals surface area (Å²) in [6.07, 6.45) is 0. The lowest BCUT2D eigenvalue weighted by Crippen LogP contribution is -2.26. The Kier molecular flexibility index (Phi) is 5.46. The van der Waals surface area contributed by atoms with E-state index in [4.69, 9.17) is 4.42 Å². The third kappa shape index (κ3) is 4.63. The van der Waals surface area contributed by atoms with Crippen LogP contribution < -0.4 is 0 Å². The van der Waals surface area contributed by atoms with E-state index in [-0.39, 0.29) is 17.9 Å². The Morgan fingerprint density at radius 2 is 1.67 bits per heavy atom. The SMILES string of the molecule is CN(Cc1nnc(-c2ccc(C(C)(C)C)cc2)o1)C(=O)c1ccc(Br)cc1. The fourth-order valence-corrected chi connectivity index (χ4v) is 2.90. The summed E-state index contributed by atoms with van der Waals surface area (Å²) in [4.78, 5) is 14.0. The first kappa shape index (κ1) is 19.3. The fraction of sp³-hybridized carbons (Fsp3) is 0.286. The predicted molar refractivity (Wildman–Crippen MR) is 108 cm³/mol. The standard InChI is InChI=1S/C21H22BrN3O2/c1-21(2,3)16-9-5-14(6-10-16)19-24-23-18(27-19)13-25(4)20(26)15-7-11-17(22)12-8-15/h5-12H,13H2,1-4H3. The van der Waals surface area contributed by atoms with E-state index >= 15 is 0 Å². The fourth-order valence-electron chi connectivity index (χ4n) is 2.63. The van der Waals surface area contributed by atoms with Gasteiger partial charge in [-0.05, 0) is 47.4 Å². The highest BCUT2D eigenvalue weighted by Gasteiger charge is 2.17. The van der Waals surface area contributed by atoms with Crippen molar-refractivity contribution in [2.24, 2.45) is 0 Å². The molecule has 1 aromatic heterocycles. The lowest BCUT2D eigenvalue weighted by atomic mass is 9.87. The second-order valence-electron chi connectivity index (χ2n) is 7.50. The Bertz CT molecular complexity index is 925. The van der Waals surface area contributed by atoms with Crippen LogP contribution in [0.4, 0.5) is 0 Å². The molecule has 3 aromatic rings. The van der Waals surface area contributed by atoms with Gasteiger partial charge in [-0.15, -0.1) is 10.2 Å². The number of aromatic nitrogens is 2. The van der Waals surface area contributed by atoms with E-state index in [2.05, 4.69) is 59.0 Å². The molecule has 0 fully saturated rings. The molecule has 0 aliphatic rings. The van der Waals surface area contributed by atoms with E-state index in [1.165, 1.54) is 5.56 Å². The minimum absolute atomic E-state index is 0.0919. The summed E-state index contributed by atoms with van der Waals surface area (Å²) >= 11 is 3.37. The van der Waals surface area contributed by atoms with Gasteiger partial charge in [0.15, 0.2) is 0 Å². The molecule has 0 N–H and O–H groups in total. The molecule has 0 bridgehead atoms. The summed E-state index contributed by atoms with van der Waals surface area (Å²) in [5, 5.41) is 8.19. The summed E-state index contributed by atoms with van der Waals surface area (Å²) in [5.41, 5.74) is 2.81. The Balaban J connectivity index is 1.70. The number of hydrogen-bond acceptors (Lipinski definition) is 4. The first-order valence-electron chi connectivity index (χ1n) is 8.68. The van der Waals surface area contributed by atoms with Crippen molar-refractivity contribution in [3.63, 3.8) is 0 Å². The van der Waals surface area contributed by atoms with Gasteiger partial charge in [-0.2, -0.15) is 0 Å². The monoisotopic (exact) mass is 427 g/mol. The van der Waals surface area contributed by atoms with E-state index in [0.717, 1.165) is 10.0 Å². The molecule has 1 amide bonds. The van der Waals surface area contributed by atoms with E-state index in [0.29, 0.717) is 17.3 Å². The van der Waals surface area contributed by atoms with Crippen LogP contribution in [0.3, 0.4) is 0 Å². The first-order valence-corrected chi connectivity index (χ1v) is 9.47. The van der Waals surface area contributed by atoms with Crippen LogP contribution in [-0.4, -0.2) is 28.1 Å². The summed E-state index contributed by atoms with van der Waals surface area (Å²) in [6, 6.07) is 15.3. The van der Waals surface area contributed by atoms with Gasteiger partial charge in [0, 0.05) is 22.6 Å². The molecule has 0 saturated carbocycles. The molecule has 3 rings (SSSR count). The van der Waals surface area contributed by atoms with Gasteiger partial charge in [-0.25, -0.2) is 0 Å². The Labute approximate surface area is 167 Å². The average molecular weight is 428 g/mol. The first-order chi connectivity index (χ1) is 12.7. The van der Waals surface area contributed by atoms with Gasteiger partial charge < -0.3 is 9.32 Å². The number of hydrogen-bond donors (Lipinski definition) is 0. The summed E-state index contributed by atoms with van der Waals surface area (Å²) in [7, 11) is 1.71. The average Bonchev–Trinajstić information content (AvgIpc) is 3.09. The van der Waals surface area contributed by atoms with Crippen molar-refractivity contribution in [3.05, 3.63) is 70.0 Å². The second kappa shape index (κ2) is 7.64. The predicted octanol–water partition coefficient (Wildman–Crippen LogP) is 5.07. The van der Waals surface area contributed by atoms with Crippen LogP contribution in [0.1, 0.15) is 42.6 Å². The van der Waals surface area contributed by atoms with Crippen LogP contribution in [0.25, 0.3) is 11.5 Å². The molecule has 0 aliphatic carbocycles. The van der Waals surface area contributed by atoms with Crippen molar-refractivity contribution in [1.82, 2.24) is 15.1 Å². The molecule has 2 aromatic carbocycles. The highest BCUT2D eigenvalue weighted by Crippen LogP contribution is 2.25. The van der Waals surface area contributed by atoms with Gasteiger partial charge in [0.05, 0.1) is 6.54 Å². The molecular weight excluding hydrogens is 406 g/mol. The largest absolute Gasteiger partial charge is 0.419 e. The zero-order chi connectivity index (χ0) is 19.6. The van der Waals surface area contributed by atoms with Gasteiger partial charge >= 0.3 is 0 Å². The highest BCUT2D eigenvalue weighted by atomic mass is 79.9. The summed E-state index contributed by atoms with van der Waals surface area (Å²) in [6.45, 7) is 6.77. The van der Waals surface area contributed by atoms with Crippen molar-refractivity contribution in [1.29, 1.82) is 0 Å². The third-order valence-electron chi connectivity index (χ3n) is 4.28. The van der Waals surface area contributed by atoms with Gasteiger partial charge in [0.1, 0.15) is 0 Å². The van der Waals surface area contributed by atoms with Gasteiger partial charge in [-0.1, -0.05) is 48.8 Å². The van der Waals surface area contributed by atoms with Crippen molar-refractivity contribution in [3.8, 4) is 11.5 Å². The van der Waals surface area contributed by atoms with Crippen LogP contribution in [0.5, 0.6) is 0 Å². The number of amides is 1. The molecular formula is C21H22BrN3O2. The summed E-state index contributed by atoms with van der Waals surface area (Å²) in [5.74, 6) is 0.754. The van der Waals surface area contributed by atoms with Crippen molar-refractivity contribution < 1.29 is 9.21 Å². The zero-order valence-corrected chi connectivity index (χ0v) is 17.4. The quantitative estimate of drug-likeness (QED) is 0.582. The minimum Gasteiger partial charge on any atom is -0.419 e. The zero-order valence-electron chi connectivity index (χ0n) is 15.9. The molecule has 5 nitrogen and oxygen atoms in total. The summed E-state index contributed by atoms with van der Waals surface area (Å²) < 4.78 is 6.68. The topological polar surface area (TPSA) is 59.2 Å². The van der Waals surface area contributed by atoms with Crippen LogP contribution in [-0.2, 0) is 12.0 Å². The number of halogens is 1. The normalized spacial score (nSPS) is 11.4. The smallest absolute Gasteiger partial charge is 0.254 e. The number of carbonyl (C=O) groups is 1. The molecule has 1 heterocycles. The lowest BCUT2D eigenvalue weighted by Gasteiger charge is -2.18. The van der Waals surface area contributed by atoms with Gasteiger partial charge in [0.2, 0.25) is 11.8 Å². The molecule has 0 spiro atoms. The van der Waals surface area contributed by atoms with Gasteiger partial charge in [-0.3, -0.25) is 4.79 Å². The number of carbonyl (C=O) groups excluding carboxylic acids is 1. The molecule has 140 valence electrons.